The molecule has 2 aromatic rings. The summed E-state index contributed by atoms with van der Waals surface area (Å²) in [7, 11) is 0. The molecule has 1 saturated carbocycles. The molecule has 3 rings (SSSR count). The van der Waals surface area contributed by atoms with Crippen LogP contribution in [0.25, 0.3) is 10.1 Å². The van der Waals surface area contributed by atoms with Crippen molar-refractivity contribution in [2.24, 2.45) is 0 Å². The molecule has 2 nitrogen and oxygen atoms in total. The predicted octanol–water partition coefficient (Wildman–Crippen LogP) is 4.04. The predicted molar refractivity (Wildman–Crippen MR) is 88.5 cm³/mol. The average molecular weight is 288 g/mol. The fourth-order valence-electron chi connectivity index (χ4n) is 2.78. The molecule has 1 aromatic carbocycles. The Kier molecular flexibility index (Phi) is 4.39. The van der Waals surface area contributed by atoms with E-state index in [1.165, 1.54) is 40.9 Å². The van der Waals surface area contributed by atoms with E-state index in [1.807, 2.05) is 11.3 Å². The van der Waals surface area contributed by atoms with Crippen LogP contribution < -0.4 is 5.32 Å². The lowest BCUT2D eigenvalue weighted by atomic mass is 10.2. The van der Waals surface area contributed by atoms with Crippen LogP contribution in [0.15, 0.2) is 30.3 Å². The minimum absolute atomic E-state index is 0.449. The van der Waals surface area contributed by atoms with Crippen molar-refractivity contribution in [2.45, 2.75) is 38.8 Å². The topological polar surface area (TPSA) is 15.3 Å². The third kappa shape index (κ3) is 3.22. The van der Waals surface area contributed by atoms with Crippen LogP contribution in [0.2, 0.25) is 0 Å². The van der Waals surface area contributed by atoms with Gasteiger partial charge in [-0.15, -0.1) is 11.3 Å². The minimum Gasteiger partial charge on any atom is -0.308 e. The quantitative estimate of drug-likeness (QED) is 0.827. The third-order valence-electron chi connectivity index (χ3n) is 4.19. The molecule has 0 saturated heterocycles. The van der Waals surface area contributed by atoms with E-state index < -0.39 is 0 Å². The Morgan fingerprint density at radius 3 is 2.85 bits per heavy atom. The highest BCUT2D eigenvalue weighted by Gasteiger charge is 2.27. The van der Waals surface area contributed by atoms with Gasteiger partial charge < -0.3 is 5.32 Å². The molecule has 3 heteroatoms. The Hall–Kier alpha value is -0.900. The van der Waals surface area contributed by atoms with Crippen molar-refractivity contribution < 1.29 is 0 Å². The number of nitrogens with zero attached hydrogens (tertiary/aromatic N) is 1. The summed E-state index contributed by atoms with van der Waals surface area (Å²) < 4.78 is 1.39. The monoisotopic (exact) mass is 288 g/mol. The first kappa shape index (κ1) is 14.1. The standard InChI is InChI=1S/C17H24N2S/c1-3-19(15-8-9-15)11-10-18-13(2)17-12-14-6-4-5-7-16(14)20-17/h4-7,12-13,15,18H,3,8-11H2,1-2H3. The number of hydrogen-bond acceptors (Lipinski definition) is 3. The van der Waals surface area contributed by atoms with Crippen LogP contribution in [0.5, 0.6) is 0 Å². The largest absolute Gasteiger partial charge is 0.308 e. The summed E-state index contributed by atoms with van der Waals surface area (Å²) in [5.41, 5.74) is 0. The zero-order valence-electron chi connectivity index (χ0n) is 12.4. The fourth-order valence-corrected chi connectivity index (χ4v) is 3.87. The smallest absolute Gasteiger partial charge is 0.0386 e. The molecular formula is C17H24N2S. The van der Waals surface area contributed by atoms with E-state index in [-0.39, 0.29) is 0 Å². The summed E-state index contributed by atoms with van der Waals surface area (Å²) in [4.78, 5) is 4.05. The van der Waals surface area contributed by atoms with Crippen LogP contribution >= 0.6 is 11.3 Å². The molecule has 0 amide bonds. The maximum absolute atomic E-state index is 3.68. The van der Waals surface area contributed by atoms with Crippen molar-refractivity contribution in [2.75, 3.05) is 19.6 Å². The van der Waals surface area contributed by atoms with E-state index in [0.717, 1.165) is 12.6 Å². The van der Waals surface area contributed by atoms with Gasteiger partial charge in [-0.3, -0.25) is 4.90 Å². The minimum atomic E-state index is 0.449. The van der Waals surface area contributed by atoms with Crippen molar-refractivity contribution >= 4 is 21.4 Å². The van der Waals surface area contributed by atoms with Gasteiger partial charge in [0.1, 0.15) is 0 Å². The summed E-state index contributed by atoms with van der Waals surface area (Å²) in [6, 6.07) is 12.3. The summed E-state index contributed by atoms with van der Waals surface area (Å²) in [5.74, 6) is 0. The number of fused-ring (bicyclic) bond motifs is 1. The molecule has 1 N–H and O–H groups in total. The molecule has 1 aliphatic carbocycles. The first-order valence-corrected chi connectivity index (χ1v) is 8.55. The second-order valence-corrected chi connectivity index (χ2v) is 6.84. The Bertz CT molecular complexity index is 526. The van der Waals surface area contributed by atoms with Gasteiger partial charge in [0.2, 0.25) is 0 Å². The maximum Gasteiger partial charge on any atom is 0.0386 e. The summed E-state index contributed by atoms with van der Waals surface area (Å²) in [6.07, 6.45) is 2.80. The lowest BCUT2D eigenvalue weighted by Crippen LogP contribution is -2.34. The van der Waals surface area contributed by atoms with Crippen LogP contribution in [0.1, 0.15) is 37.6 Å². The van der Waals surface area contributed by atoms with Crippen molar-refractivity contribution in [3.63, 3.8) is 0 Å². The molecule has 1 unspecified atom stereocenters. The van der Waals surface area contributed by atoms with Gasteiger partial charge in [-0.05, 0) is 43.8 Å². The lowest BCUT2D eigenvalue weighted by molar-refractivity contribution is 0.273. The molecule has 1 heterocycles. The molecule has 1 aromatic heterocycles. The van der Waals surface area contributed by atoms with Crippen molar-refractivity contribution in [3.05, 3.63) is 35.2 Å². The van der Waals surface area contributed by atoms with Crippen LogP contribution in [0, 0.1) is 0 Å². The molecule has 20 heavy (non-hydrogen) atoms. The molecule has 1 fully saturated rings. The van der Waals surface area contributed by atoms with E-state index >= 15 is 0 Å². The molecule has 0 aliphatic heterocycles. The number of hydrogen-bond donors (Lipinski definition) is 1. The molecule has 0 spiro atoms. The van der Waals surface area contributed by atoms with Gasteiger partial charge in [-0.25, -0.2) is 0 Å². The van der Waals surface area contributed by atoms with Gasteiger partial charge >= 0.3 is 0 Å². The van der Waals surface area contributed by atoms with Gasteiger partial charge in [0.25, 0.3) is 0 Å². The van der Waals surface area contributed by atoms with E-state index in [1.54, 1.807) is 0 Å². The third-order valence-corrected chi connectivity index (χ3v) is 5.49. The van der Waals surface area contributed by atoms with Gasteiger partial charge in [0.15, 0.2) is 0 Å². The van der Waals surface area contributed by atoms with Crippen LogP contribution in [-0.2, 0) is 0 Å². The number of likely N-dealkylation sites (N-methyl/N-ethyl adjacent to an activating group) is 1. The second kappa shape index (κ2) is 6.25. The molecule has 1 atom stereocenters. The Morgan fingerprint density at radius 2 is 2.15 bits per heavy atom. The van der Waals surface area contributed by atoms with Crippen molar-refractivity contribution in [1.82, 2.24) is 10.2 Å². The number of nitrogens with one attached hydrogen (secondary N) is 1. The molecule has 1 aliphatic rings. The van der Waals surface area contributed by atoms with Crippen LogP contribution in [0.3, 0.4) is 0 Å². The Balaban J connectivity index is 1.54. The Morgan fingerprint density at radius 1 is 1.35 bits per heavy atom. The van der Waals surface area contributed by atoms with Gasteiger partial charge in [0.05, 0.1) is 0 Å². The summed E-state index contributed by atoms with van der Waals surface area (Å²) in [6.45, 7) is 7.99. The first-order chi connectivity index (χ1) is 9.78. The maximum atomic E-state index is 3.68. The SMILES string of the molecule is CCN(CCNC(C)c1cc2ccccc2s1)C1CC1. The van der Waals surface area contributed by atoms with Gasteiger partial charge in [-0.1, -0.05) is 25.1 Å². The number of rotatable bonds is 7. The second-order valence-electron chi connectivity index (χ2n) is 5.72. The average Bonchev–Trinajstić information content (AvgIpc) is 3.21. The zero-order valence-corrected chi connectivity index (χ0v) is 13.2. The summed E-state index contributed by atoms with van der Waals surface area (Å²) in [5, 5.41) is 5.05. The van der Waals surface area contributed by atoms with E-state index in [4.69, 9.17) is 0 Å². The normalized spacial score (nSPS) is 16.9. The first-order valence-electron chi connectivity index (χ1n) is 7.74. The van der Waals surface area contributed by atoms with Gasteiger partial charge in [-0.2, -0.15) is 0 Å². The van der Waals surface area contributed by atoms with E-state index in [9.17, 15) is 0 Å². The number of thiophene rings is 1. The van der Waals surface area contributed by atoms with E-state index in [0.29, 0.717) is 6.04 Å². The lowest BCUT2D eigenvalue weighted by Gasteiger charge is -2.21. The number of benzene rings is 1. The highest BCUT2D eigenvalue weighted by Crippen LogP contribution is 2.29. The molecule has 0 radical (unpaired) electrons. The van der Waals surface area contributed by atoms with Crippen molar-refractivity contribution in [3.8, 4) is 0 Å². The molecule has 108 valence electrons. The van der Waals surface area contributed by atoms with E-state index in [2.05, 4.69) is 54.4 Å². The Labute approximate surface area is 125 Å². The fraction of sp³-hybridized carbons (Fsp3) is 0.529. The highest BCUT2D eigenvalue weighted by molar-refractivity contribution is 7.19. The molecular weight excluding hydrogens is 264 g/mol. The molecule has 0 bridgehead atoms. The van der Waals surface area contributed by atoms with Crippen LogP contribution in [-0.4, -0.2) is 30.6 Å². The zero-order chi connectivity index (χ0) is 13.9. The van der Waals surface area contributed by atoms with Crippen molar-refractivity contribution in [1.29, 1.82) is 0 Å². The summed E-state index contributed by atoms with van der Waals surface area (Å²) >= 11 is 1.91. The van der Waals surface area contributed by atoms with Crippen LogP contribution in [0.4, 0.5) is 0 Å². The van der Waals surface area contributed by atoms with Gasteiger partial charge in [0, 0.05) is 34.8 Å². The highest BCUT2D eigenvalue weighted by atomic mass is 32.1.